The van der Waals surface area contributed by atoms with E-state index in [0.717, 1.165) is 5.39 Å². The van der Waals surface area contributed by atoms with Crippen LogP contribution in [0.4, 0.5) is 0 Å². The van der Waals surface area contributed by atoms with E-state index in [4.69, 9.17) is 9.47 Å². The maximum atomic E-state index is 13.0. The third-order valence-electron chi connectivity index (χ3n) is 3.69. The highest BCUT2D eigenvalue weighted by molar-refractivity contribution is 5.98. The SMILES string of the molecule is CCOCCn1c(=O)c(C(=O)NC(C)(C)C)cc2cccc(OC)c21. The molecule has 25 heavy (non-hydrogen) atoms. The molecule has 1 heterocycles. The molecule has 2 rings (SSSR count). The summed E-state index contributed by atoms with van der Waals surface area (Å²) in [5, 5.41) is 3.62. The van der Waals surface area contributed by atoms with E-state index in [0.29, 0.717) is 31.0 Å². The molecule has 2 aromatic rings. The van der Waals surface area contributed by atoms with Crippen molar-refractivity contribution >= 4 is 16.8 Å². The summed E-state index contributed by atoms with van der Waals surface area (Å²) in [7, 11) is 1.56. The van der Waals surface area contributed by atoms with Crippen LogP contribution in [0.2, 0.25) is 0 Å². The molecule has 0 spiro atoms. The standard InChI is InChI=1S/C19H26N2O4/c1-6-25-11-10-21-16-13(8-7-9-15(16)24-5)12-14(18(21)23)17(22)20-19(2,3)4/h7-9,12H,6,10-11H2,1-5H3,(H,20,22). The summed E-state index contributed by atoms with van der Waals surface area (Å²) in [6.07, 6.45) is 0. The van der Waals surface area contributed by atoms with Crippen molar-refractivity contribution in [3.63, 3.8) is 0 Å². The number of carbonyl (C=O) groups is 1. The van der Waals surface area contributed by atoms with Crippen LogP contribution in [-0.2, 0) is 11.3 Å². The number of benzene rings is 1. The molecule has 0 bridgehead atoms. The molecule has 0 saturated heterocycles. The molecular weight excluding hydrogens is 320 g/mol. The minimum absolute atomic E-state index is 0.118. The lowest BCUT2D eigenvalue weighted by Gasteiger charge is -2.21. The summed E-state index contributed by atoms with van der Waals surface area (Å²) in [6, 6.07) is 7.12. The van der Waals surface area contributed by atoms with Gasteiger partial charge in [0, 0.05) is 24.1 Å². The lowest BCUT2D eigenvalue weighted by atomic mass is 10.1. The fraction of sp³-hybridized carbons (Fsp3) is 0.474. The number of aromatic nitrogens is 1. The van der Waals surface area contributed by atoms with Gasteiger partial charge in [0.1, 0.15) is 11.3 Å². The highest BCUT2D eigenvalue weighted by Gasteiger charge is 2.21. The van der Waals surface area contributed by atoms with Crippen LogP contribution in [0.3, 0.4) is 0 Å². The van der Waals surface area contributed by atoms with Crippen LogP contribution in [0, 0.1) is 0 Å². The number of carbonyl (C=O) groups excluding carboxylic acids is 1. The Balaban J connectivity index is 2.63. The quantitative estimate of drug-likeness (QED) is 0.816. The zero-order valence-corrected chi connectivity index (χ0v) is 15.5. The van der Waals surface area contributed by atoms with Gasteiger partial charge in [-0.2, -0.15) is 0 Å². The third-order valence-corrected chi connectivity index (χ3v) is 3.69. The van der Waals surface area contributed by atoms with Gasteiger partial charge in [-0.15, -0.1) is 0 Å². The summed E-state index contributed by atoms with van der Waals surface area (Å²) < 4.78 is 12.4. The lowest BCUT2D eigenvalue weighted by molar-refractivity contribution is 0.0916. The Morgan fingerprint density at radius 3 is 2.60 bits per heavy atom. The van der Waals surface area contributed by atoms with Crippen molar-refractivity contribution in [2.45, 2.75) is 39.8 Å². The molecule has 1 amide bonds. The van der Waals surface area contributed by atoms with Crippen LogP contribution >= 0.6 is 0 Å². The maximum absolute atomic E-state index is 13.0. The molecule has 6 nitrogen and oxygen atoms in total. The molecule has 1 aromatic heterocycles. The van der Waals surface area contributed by atoms with E-state index in [-0.39, 0.29) is 17.0 Å². The fourth-order valence-corrected chi connectivity index (χ4v) is 2.66. The number of fused-ring (bicyclic) bond motifs is 1. The lowest BCUT2D eigenvalue weighted by Crippen LogP contribution is -2.43. The molecular formula is C19H26N2O4. The molecule has 0 saturated carbocycles. The first-order valence-electron chi connectivity index (χ1n) is 8.39. The van der Waals surface area contributed by atoms with Gasteiger partial charge in [0.05, 0.1) is 19.2 Å². The molecule has 136 valence electrons. The monoisotopic (exact) mass is 346 g/mol. The van der Waals surface area contributed by atoms with Crippen LogP contribution in [0.1, 0.15) is 38.1 Å². The van der Waals surface area contributed by atoms with Gasteiger partial charge < -0.3 is 19.4 Å². The number of pyridine rings is 1. The van der Waals surface area contributed by atoms with Crippen molar-refractivity contribution in [3.05, 3.63) is 40.2 Å². The average Bonchev–Trinajstić information content (AvgIpc) is 2.54. The number of methoxy groups -OCH3 is 1. The highest BCUT2D eigenvalue weighted by atomic mass is 16.5. The zero-order valence-electron chi connectivity index (χ0n) is 15.5. The van der Waals surface area contributed by atoms with E-state index in [2.05, 4.69) is 5.32 Å². The predicted molar refractivity (Wildman–Crippen MR) is 98.5 cm³/mol. The van der Waals surface area contributed by atoms with Gasteiger partial charge in [-0.25, -0.2) is 0 Å². The van der Waals surface area contributed by atoms with Crippen LogP contribution in [0.15, 0.2) is 29.1 Å². The van der Waals surface area contributed by atoms with Crippen molar-refractivity contribution in [1.29, 1.82) is 0 Å². The van der Waals surface area contributed by atoms with Crippen molar-refractivity contribution in [1.82, 2.24) is 9.88 Å². The Bertz CT molecular complexity index is 819. The van der Waals surface area contributed by atoms with Crippen LogP contribution in [-0.4, -0.2) is 36.3 Å². The molecule has 0 aliphatic carbocycles. The highest BCUT2D eigenvalue weighted by Crippen LogP contribution is 2.25. The number of nitrogens with one attached hydrogen (secondary N) is 1. The first-order valence-corrected chi connectivity index (χ1v) is 8.39. The summed E-state index contributed by atoms with van der Waals surface area (Å²) in [5.74, 6) is 0.209. The van der Waals surface area contributed by atoms with Gasteiger partial charge in [-0.1, -0.05) is 12.1 Å². The molecule has 0 radical (unpaired) electrons. The Morgan fingerprint density at radius 1 is 1.28 bits per heavy atom. The Labute approximate surface area is 147 Å². The van der Waals surface area contributed by atoms with Gasteiger partial charge in [0.15, 0.2) is 0 Å². The number of rotatable bonds is 6. The van der Waals surface area contributed by atoms with Gasteiger partial charge in [0.25, 0.3) is 11.5 Å². The molecule has 0 fully saturated rings. The van der Waals surface area contributed by atoms with E-state index in [1.807, 2.05) is 39.8 Å². The normalized spacial score (nSPS) is 11.6. The summed E-state index contributed by atoms with van der Waals surface area (Å²) in [5.41, 5.74) is 0.0101. The van der Waals surface area contributed by atoms with Crippen LogP contribution in [0.5, 0.6) is 5.75 Å². The summed E-state index contributed by atoms with van der Waals surface area (Å²) in [6.45, 7) is 8.82. The summed E-state index contributed by atoms with van der Waals surface area (Å²) in [4.78, 5) is 25.5. The van der Waals surface area contributed by atoms with E-state index < -0.39 is 5.54 Å². The number of para-hydroxylation sites is 1. The molecule has 1 aromatic carbocycles. The second kappa shape index (κ2) is 7.70. The number of amides is 1. The van der Waals surface area contributed by atoms with Gasteiger partial charge in [-0.05, 0) is 39.8 Å². The Hall–Kier alpha value is -2.34. The van der Waals surface area contributed by atoms with E-state index in [9.17, 15) is 9.59 Å². The maximum Gasteiger partial charge on any atom is 0.264 e. The first-order chi connectivity index (χ1) is 11.8. The van der Waals surface area contributed by atoms with E-state index in [1.165, 1.54) is 0 Å². The molecule has 6 heteroatoms. The Kier molecular flexibility index (Phi) is 5.85. The number of hydrogen-bond acceptors (Lipinski definition) is 4. The summed E-state index contributed by atoms with van der Waals surface area (Å²) >= 11 is 0. The zero-order chi connectivity index (χ0) is 18.6. The van der Waals surface area contributed by atoms with E-state index in [1.54, 1.807) is 23.8 Å². The second-order valence-corrected chi connectivity index (χ2v) is 6.81. The smallest absolute Gasteiger partial charge is 0.264 e. The molecule has 0 atom stereocenters. The second-order valence-electron chi connectivity index (χ2n) is 6.81. The van der Waals surface area contributed by atoms with Gasteiger partial charge in [-0.3, -0.25) is 9.59 Å². The average molecular weight is 346 g/mol. The van der Waals surface area contributed by atoms with Crippen molar-refractivity contribution < 1.29 is 14.3 Å². The first kappa shape index (κ1) is 19.0. The van der Waals surface area contributed by atoms with Crippen molar-refractivity contribution in [2.24, 2.45) is 0 Å². The van der Waals surface area contributed by atoms with Gasteiger partial charge in [0.2, 0.25) is 0 Å². The van der Waals surface area contributed by atoms with Crippen molar-refractivity contribution in [3.8, 4) is 5.75 Å². The largest absolute Gasteiger partial charge is 0.495 e. The third kappa shape index (κ3) is 4.39. The molecule has 0 unspecified atom stereocenters. The molecule has 0 aliphatic heterocycles. The minimum Gasteiger partial charge on any atom is -0.495 e. The van der Waals surface area contributed by atoms with Crippen LogP contribution in [0.25, 0.3) is 10.9 Å². The number of hydrogen-bond donors (Lipinski definition) is 1. The fourth-order valence-electron chi connectivity index (χ4n) is 2.66. The predicted octanol–water partition coefficient (Wildman–Crippen LogP) is 2.57. The van der Waals surface area contributed by atoms with E-state index >= 15 is 0 Å². The van der Waals surface area contributed by atoms with Gasteiger partial charge >= 0.3 is 0 Å². The molecule has 1 N–H and O–H groups in total. The number of nitrogens with zero attached hydrogens (tertiary/aromatic N) is 1. The Morgan fingerprint density at radius 2 is 2.00 bits per heavy atom. The topological polar surface area (TPSA) is 69.6 Å². The van der Waals surface area contributed by atoms with Crippen molar-refractivity contribution in [2.75, 3.05) is 20.3 Å². The number of ether oxygens (including phenoxy) is 2. The molecule has 0 aliphatic rings. The minimum atomic E-state index is -0.428. The van der Waals surface area contributed by atoms with Crippen LogP contribution < -0.4 is 15.6 Å².